The number of hydrogen-bond acceptors (Lipinski definition) is 7. The van der Waals surface area contributed by atoms with E-state index in [1.165, 1.54) is 18.9 Å². The molecule has 2 unspecified atom stereocenters. The van der Waals surface area contributed by atoms with E-state index in [-0.39, 0.29) is 11.2 Å². The van der Waals surface area contributed by atoms with Gasteiger partial charge in [0.05, 0.1) is 43.4 Å². The van der Waals surface area contributed by atoms with E-state index in [0.29, 0.717) is 34.5 Å². The minimum atomic E-state index is -0.627. The highest BCUT2D eigenvalue weighted by Gasteiger charge is 2.46. The molecular formula is C22H28N2O5S. The number of methoxy groups -OCH3 is 2. The van der Waals surface area contributed by atoms with Crippen LogP contribution in [-0.2, 0) is 14.3 Å². The van der Waals surface area contributed by atoms with Crippen molar-refractivity contribution in [1.82, 2.24) is 4.90 Å². The van der Waals surface area contributed by atoms with Crippen LogP contribution in [0.1, 0.15) is 51.6 Å². The van der Waals surface area contributed by atoms with E-state index in [9.17, 15) is 9.59 Å². The number of rotatable bonds is 8. The van der Waals surface area contributed by atoms with Gasteiger partial charge in [-0.25, -0.2) is 9.79 Å². The molecule has 162 valence electrons. The second-order valence-corrected chi connectivity index (χ2v) is 8.53. The van der Waals surface area contributed by atoms with Gasteiger partial charge in [0, 0.05) is 0 Å². The van der Waals surface area contributed by atoms with Gasteiger partial charge in [-0.05, 0) is 38.0 Å². The Labute approximate surface area is 181 Å². The molecule has 1 amide bonds. The Morgan fingerprint density at radius 1 is 1.23 bits per heavy atom. The predicted molar refractivity (Wildman–Crippen MR) is 117 cm³/mol. The third kappa shape index (κ3) is 4.19. The summed E-state index contributed by atoms with van der Waals surface area (Å²) in [6, 6.07) is 4.88. The number of thioether (sulfide) groups is 1. The van der Waals surface area contributed by atoms with Crippen molar-refractivity contribution < 1.29 is 23.8 Å². The first-order valence-corrected chi connectivity index (χ1v) is 11.0. The number of benzene rings is 1. The summed E-state index contributed by atoms with van der Waals surface area (Å²) in [6.45, 7) is 6.35. The number of amides is 1. The van der Waals surface area contributed by atoms with Crippen LogP contribution in [-0.4, -0.2) is 48.0 Å². The van der Waals surface area contributed by atoms with Gasteiger partial charge in [-0.1, -0.05) is 37.6 Å². The Morgan fingerprint density at radius 3 is 2.67 bits per heavy atom. The maximum absolute atomic E-state index is 12.9. The molecule has 30 heavy (non-hydrogen) atoms. The van der Waals surface area contributed by atoms with E-state index in [1.807, 2.05) is 25.1 Å². The van der Waals surface area contributed by atoms with Gasteiger partial charge in [-0.3, -0.25) is 9.69 Å². The number of fused-ring (bicyclic) bond motifs is 1. The summed E-state index contributed by atoms with van der Waals surface area (Å²) in [7, 11) is 2.91. The van der Waals surface area contributed by atoms with Crippen molar-refractivity contribution in [2.24, 2.45) is 4.99 Å². The average molecular weight is 433 g/mol. The van der Waals surface area contributed by atoms with E-state index in [2.05, 4.69) is 11.9 Å². The van der Waals surface area contributed by atoms with Crippen molar-refractivity contribution >= 4 is 28.8 Å². The Bertz CT molecular complexity index is 896. The smallest absolute Gasteiger partial charge is 0.338 e. The first-order valence-electron chi connectivity index (χ1n) is 10.1. The molecule has 1 aromatic rings. The van der Waals surface area contributed by atoms with Crippen LogP contribution in [0.5, 0.6) is 11.5 Å². The summed E-state index contributed by atoms with van der Waals surface area (Å²) in [4.78, 5) is 31.6. The zero-order valence-corrected chi connectivity index (χ0v) is 18.9. The SMILES string of the molecule is CCCCCOc1ccc(C2C(C(=O)OC)=C(C)N=C3SC(C)C(=O)N32)cc1OC. The van der Waals surface area contributed by atoms with Gasteiger partial charge in [0.25, 0.3) is 0 Å². The number of carbonyl (C=O) groups excluding carboxylic acids is 2. The highest BCUT2D eigenvalue weighted by molar-refractivity contribution is 8.15. The van der Waals surface area contributed by atoms with E-state index in [4.69, 9.17) is 14.2 Å². The Morgan fingerprint density at radius 2 is 2.00 bits per heavy atom. The maximum Gasteiger partial charge on any atom is 0.338 e. The lowest BCUT2D eigenvalue weighted by Crippen LogP contribution is -2.40. The lowest BCUT2D eigenvalue weighted by molar-refractivity contribution is -0.137. The number of hydrogen-bond donors (Lipinski definition) is 0. The monoisotopic (exact) mass is 432 g/mol. The Kier molecular flexibility index (Phi) is 7.07. The first kappa shape index (κ1) is 22.2. The molecule has 7 nitrogen and oxygen atoms in total. The summed E-state index contributed by atoms with van der Waals surface area (Å²) in [6.07, 6.45) is 3.19. The lowest BCUT2D eigenvalue weighted by atomic mass is 9.94. The lowest BCUT2D eigenvalue weighted by Gasteiger charge is -2.33. The zero-order chi connectivity index (χ0) is 21.8. The van der Waals surface area contributed by atoms with Crippen molar-refractivity contribution in [3.05, 3.63) is 35.0 Å². The Balaban J connectivity index is 2.01. The van der Waals surface area contributed by atoms with Gasteiger partial charge in [-0.15, -0.1) is 0 Å². The van der Waals surface area contributed by atoms with Crippen molar-refractivity contribution in [3.63, 3.8) is 0 Å². The molecular weight excluding hydrogens is 404 g/mol. The molecule has 2 aliphatic rings. The molecule has 2 aliphatic heterocycles. The van der Waals surface area contributed by atoms with E-state index >= 15 is 0 Å². The van der Waals surface area contributed by atoms with Gasteiger partial charge in [-0.2, -0.15) is 0 Å². The highest BCUT2D eigenvalue weighted by Crippen LogP contribution is 2.44. The van der Waals surface area contributed by atoms with E-state index < -0.39 is 12.0 Å². The molecule has 3 rings (SSSR count). The molecule has 0 N–H and O–H groups in total. The molecule has 0 saturated carbocycles. The van der Waals surface area contributed by atoms with Crippen LogP contribution in [0.15, 0.2) is 34.5 Å². The highest BCUT2D eigenvalue weighted by atomic mass is 32.2. The molecule has 0 aromatic heterocycles. The number of aliphatic imine (C=N–C) groups is 1. The second kappa shape index (κ2) is 9.55. The normalized spacial score (nSPS) is 20.8. The van der Waals surface area contributed by atoms with Crippen molar-refractivity contribution in [2.75, 3.05) is 20.8 Å². The van der Waals surface area contributed by atoms with Crippen LogP contribution < -0.4 is 9.47 Å². The third-order valence-corrected chi connectivity index (χ3v) is 6.23. The predicted octanol–water partition coefficient (Wildman–Crippen LogP) is 4.09. The van der Waals surface area contributed by atoms with Crippen LogP contribution in [0, 0.1) is 0 Å². The molecule has 0 bridgehead atoms. The van der Waals surface area contributed by atoms with Crippen LogP contribution in [0.4, 0.5) is 0 Å². The summed E-state index contributed by atoms with van der Waals surface area (Å²) in [5.74, 6) is 0.605. The number of amidine groups is 1. The fourth-order valence-electron chi connectivity index (χ4n) is 3.60. The molecule has 8 heteroatoms. The minimum Gasteiger partial charge on any atom is -0.493 e. The molecule has 0 aliphatic carbocycles. The number of nitrogens with zero attached hydrogens (tertiary/aromatic N) is 2. The molecule has 0 spiro atoms. The average Bonchev–Trinajstić information content (AvgIpc) is 3.02. The van der Waals surface area contributed by atoms with Gasteiger partial charge in [0.15, 0.2) is 16.7 Å². The summed E-state index contributed by atoms with van der Waals surface area (Å²) in [5, 5.41) is 0.334. The zero-order valence-electron chi connectivity index (χ0n) is 18.1. The molecule has 1 fully saturated rings. The number of allylic oxidation sites excluding steroid dienone is 1. The van der Waals surface area contributed by atoms with Crippen LogP contribution in [0.25, 0.3) is 0 Å². The van der Waals surface area contributed by atoms with Crippen LogP contribution >= 0.6 is 11.8 Å². The first-order chi connectivity index (χ1) is 14.4. The minimum absolute atomic E-state index is 0.0866. The van der Waals surface area contributed by atoms with Gasteiger partial charge in [0.2, 0.25) is 5.91 Å². The standard InChI is InChI=1S/C22H28N2O5S/c1-6-7-8-11-29-16-10-9-15(12-17(16)27-4)19-18(21(26)28-5)13(2)23-22-24(19)20(25)14(3)30-22/h9-10,12,14,19H,6-8,11H2,1-5H3. The van der Waals surface area contributed by atoms with Crippen molar-refractivity contribution in [3.8, 4) is 11.5 Å². The van der Waals surface area contributed by atoms with E-state index in [0.717, 1.165) is 24.8 Å². The van der Waals surface area contributed by atoms with Crippen LogP contribution in [0.2, 0.25) is 0 Å². The fourth-order valence-corrected chi connectivity index (χ4v) is 4.63. The largest absolute Gasteiger partial charge is 0.493 e. The van der Waals surface area contributed by atoms with Gasteiger partial charge in [0.1, 0.15) is 0 Å². The Hall–Kier alpha value is -2.48. The molecule has 0 radical (unpaired) electrons. The number of unbranched alkanes of at least 4 members (excludes halogenated alkanes) is 2. The summed E-state index contributed by atoms with van der Waals surface area (Å²) in [5.41, 5.74) is 1.64. The van der Waals surface area contributed by atoms with Crippen molar-refractivity contribution in [1.29, 1.82) is 0 Å². The van der Waals surface area contributed by atoms with Crippen LogP contribution in [0.3, 0.4) is 0 Å². The molecule has 1 aromatic carbocycles. The summed E-state index contributed by atoms with van der Waals surface area (Å²) >= 11 is 1.39. The maximum atomic E-state index is 12.9. The molecule has 2 atom stereocenters. The molecule has 2 heterocycles. The quantitative estimate of drug-likeness (QED) is 0.455. The number of esters is 1. The van der Waals surface area contributed by atoms with Gasteiger partial charge < -0.3 is 14.2 Å². The summed E-state index contributed by atoms with van der Waals surface area (Å²) < 4.78 is 16.4. The molecule has 1 saturated heterocycles. The number of ether oxygens (including phenoxy) is 3. The second-order valence-electron chi connectivity index (χ2n) is 7.22. The third-order valence-electron chi connectivity index (χ3n) is 5.17. The topological polar surface area (TPSA) is 77.4 Å². The van der Waals surface area contributed by atoms with Gasteiger partial charge >= 0.3 is 5.97 Å². The number of carbonyl (C=O) groups is 2. The van der Waals surface area contributed by atoms with Crippen molar-refractivity contribution in [2.45, 2.75) is 51.3 Å². The fraction of sp³-hybridized carbons (Fsp3) is 0.500. The van der Waals surface area contributed by atoms with E-state index in [1.54, 1.807) is 18.9 Å².